The zero-order valence-electron chi connectivity index (χ0n) is 11.4. The summed E-state index contributed by atoms with van der Waals surface area (Å²) < 4.78 is 0. The van der Waals surface area contributed by atoms with Gasteiger partial charge in [-0.25, -0.2) is 0 Å². The standard InChI is InChI=1S/C16H21N3/c1-17-11-6-8-19-9-7-13-12-4-2-3-5-14(12)18-16(13)15(19)10-11/h2-5,11,15,17-18H,6-10H2,1H3/t11-,15+/m1/s1. The molecule has 1 fully saturated rings. The van der Waals surface area contributed by atoms with Gasteiger partial charge in [0, 0.05) is 35.7 Å². The van der Waals surface area contributed by atoms with Crippen molar-refractivity contribution in [2.45, 2.75) is 31.3 Å². The molecule has 4 rings (SSSR count). The molecule has 3 heteroatoms. The molecule has 0 saturated carbocycles. The third-order valence-corrected chi connectivity index (χ3v) is 4.95. The molecule has 2 N–H and O–H groups in total. The topological polar surface area (TPSA) is 31.1 Å². The molecule has 2 aliphatic heterocycles. The highest BCUT2D eigenvalue weighted by Gasteiger charge is 2.34. The lowest BCUT2D eigenvalue weighted by molar-refractivity contribution is 0.116. The van der Waals surface area contributed by atoms with Crippen molar-refractivity contribution in [3.05, 3.63) is 35.5 Å². The Labute approximate surface area is 114 Å². The van der Waals surface area contributed by atoms with Crippen molar-refractivity contribution in [2.75, 3.05) is 20.1 Å². The van der Waals surface area contributed by atoms with Gasteiger partial charge in [-0.3, -0.25) is 4.90 Å². The minimum atomic E-state index is 0.586. The Morgan fingerprint density at radius 1 is 1.26 bits per heavy atom. The molecule has 2 atom stereocenters. The van der Waals surface area contributed by atoms with Crippen LogP contribution < -0.4 is 5.32 Å². The van der Waals surface area contributed by atoms with E-state index in [-0.39, 0.29) is 0 Å². The lowest BCUT2D eigenvalue weighted by atomic mass is 9.88. The van der Waals surface area contributed by atoms with Crippen molar-refractivity contribution in [1.29, 1.82) is 0 Å². The third kappa shape index (κ3) is 1.72. The van der Waals surface area contributed by atoms with Crippen molar-refractivity contribution in [2.24, 2.45) is 0 Å². The Balaban J connectivity index is 1.80. The Morgan fingerprint density at radius 2 is 2.16 bits per heavy atom. The van der Waals surface area contributed by atoms with Crippen LogP contribution in [-0.4, -0.2) is 36.1 Å². The maximum atomic E-state index is 3.69. The van der Waals surface area contributed by atoms with Gasteiger partial charge in [0.25, 0.3) is 0 Å². The average Bonchev–Trinajstić information content (AvgIpc) is 2.85. The number of benzene rings is 1. The number of nitrogens with one attached hydrogen (secondary N) is 2. The molecule has 0 spiro atoms. The summed E-state index contributed by atoms with van der Waals surface area (Å²) >= 11 is 0. The fourth-order valence-corrected chi connectivity index (χ4v) is 3.87. The summed E-state index contributed by atoms with van der Waals surface area (Å²) in [6, 6.07) is 10.00. The van der Waals surface area contributed by atoms with Crippen LogP contribution in [0.1, 0.15) is 30.1 Å². The molecule has 0 amide bonds. The van der Waals surface area contributed by atoms with Crippen molar-refractivity contribution >= 4 is 10.9 Å². The van der Waals surface area contributed by atoms with Gasteiger partial charge in [-0.1, -0.05) is 18.2 Å². The van der Waals surface area contributed by atoms with Crippen LogP contribution in [0.3, 0.4) is 0 Å². The zero-order chi connectivity index (χ0) is 12.8. The first-order valence-corrected chi connectivity index (χ1v) is 7.37. The monoisotopic (exact) mass is 255 g/mol. The second kappa shape index (κ2) is 4.36. The van der Waals surface area contributed by atoms with Crippen molar-refractivity contribution in [3.8, 4) is 0 Å². The maximum absolute atomic E-state index is 3.69. The molecule has 3 nitrogen and oxygen atoms in total. The third-order valence-electron chi connectivity index (χ3n) is 4.95. The molecular weight excluding hydrogens is 234 g/mol. The minimum absolute atomic E-state index is 0.586. The van der Waals surface area contributed by atoms with E-state index >= 15 is 0 Å². The number of fused-ring (bicyclic) bond motifs is 5. The first kappa shape index (κ1) is 11.5. The van der Waals surface area contributed by atoms with Crippen LogP contribution in [0.5, 0.6) is 0 Å². The van der Waals surface area contributed by atoms with E-state index in [4.69, 9.17) is 0 Å². The second-order valence-electron chi connectivity index (χ2n) is 5.87. The molecular formula is C16H21N3. The number of aromatic nitrogens is 1. The summed E-state index contributed by atoms with van der Waals surface area (Å²) in [7, 11) is 2.09. The number of aromatic amines is 1. The van der Waals surface area contributed by atoms with Gasteiger partial charge in [0.15, 0.2) is 0 Å². The predicted octanol–water partition coefficient (Wildman–Crippen LogP) is 2.45. The van der Waals surface area contributed by atoms with Crippen molar-refractivity contribution in [3.63, 3.8) is 0 Å². The minimum Gasteiger partial charge on any atom is -0.357 e. The van der Waals surface area contributed by atoms with Gasteiger partial charge in [-0.05, 0) is 37.9 Å². The molecule has 100 valence electrons. The van der Waals surface area contributed by atoms with Gasteiger partial charge >= 0.3 is 0 Å². The van der Waals surface area contributed by atoms with Gasteiger partial charge in [0.1, 0.15) is 0 Å². The zero-order valence-corrected chi connectivity index (χ0v) is 11.4. The highest BCUT2D eigenvalue weighted by atomic mass is 15.2. The summed E-state index contributed by atoms with van der Waals surface area (Å²) in [4.78, 5) is 6.35. The highest BCUT2D eigenvalue weighted by molar-refractivity contribution is 5.85. The number of piperidine rings is 1. The maximum Gasteiger partial charge on any atom is 0.0516 e. The fourth-order valence-electron chi connectivity index (χ4n) is 3.87. The van der Waals surface area contributed by atoms with Crippen LogP contribution in [0.2, 0.25) is 0 Å². The van der Waals surface area contributed by atoms with Crippen molar-refractivity contribution < 1.29 is 0 Å². The van der Waals surface area contributed by atoms with E-state index in [9.17, 15) is 0 Å². The lowest BCUT2D eigenvalue weighted by Crippen LogP contribution is -2.46. The largest absolute Gasteiger partial charge is 0.357 e. The van der Waals surface area contributed by atoms with E-state index in [1.54, 1.807) is 5.56 Å². The number of nitrogens with zero attached hydrogens (tertiary/aromatic N) is 1. The highest BCUT2D eigenvalue weighted by Crippen LogP contribution is 2.39. The molecule has 3 heterocycles. The Bertz CT molecular complexity index is 601. The molecule has 0 aliphatic carbocycles. The van der Waals surface area contributed by atoms with Crippen LogP contribution in [0.25, 0.3) is 10.9 Å². The summed E-state index contributed by atoms with van der Waals surface area (Å²) in [6.07, 6.45) is 3.71. The molecule has 0 bridgehead atoms. The van der Waals surface area contributed by atoms with E-state index in [0.717, 1.165) is 0 Å². The predicted molar refractivity (Wildman–Crippen MR) is 78.4 cm³/mol. The van der Waals surface area contributed by atoms with Gasteiger partial charge in [0.2, 0.25) is 0 Å². The average molecular weight is 255 g/mol. The number of hydrogen-bond donors (Lipinski definition) is 2. The van der Waals surface area contributed by atoms with Gasteiger partial charge in [-0.2, -0.15) is 0 Å². The van der Waals surface area contributed by atoms with E-state index in [1.807, 2.05) is 0 Å². The summed E-state index contributed by atoms with van der Waals surface area (Å²) in [5.74, 6) is 0. The Hall–Kier alpha value is -1.32. The number of H-pyrrole nitrogens is 1. The summed E-state index contributed by atoms with van der Waals surface area (Å²) in [6.45, 7) is 2.45. The molecule has 0 radical (unpaired) electrons. The Morgan fingerprint density at radius 3 is 3.05 bits per heavy atom. The normalized spacial score (nSPS) is 27.2. The summed E-state index contributed by atoms with van der Waals surface area (Å²) in [5.41, 5.74) is 4.35. The van der Waals surface area contributed by atoms with Gasteiger partial charge in [0.05, 0.1) is 6.04 Å². The van der Waals surface area contributed by atoms with E-state index < -0.39 is 0 Å². The van der Waals surface area contributed by atoms with Crippen molar-refractivity contribution in [1.82, 2.24) is 15.2 Å². The summed E-state index contributed by atoms with van der Waals surface area (Å²) in [5, 5.41) is 4.89. The van der Waals surface area contributed by atoms with Crippen LogP contribution in [0.15, 0.2) is 24.3 Å². The number of para-hydroxylation sites is 1. The van der Waals surface area contributed by atoms with E-state index in [0.29, 0.717) is 12.1 Å². The second-order valence-corrected chi connectivity index (χ2v) is 5.87. The van der Waals surface area contributed by atoms with Gasteiger partial charge in [-0.15, -0.1) is 0 Å². The van der Waals surface area contributed by atoms with Crippen LogP contribution in [0, 0.1) is 0 Å². The fraction of sp³-hybridized carbons (Fsp3) is 0.500. The molecule has 0 unspecified atom stereocenters. The molecule has 19 heavy (non-hydrogen) atoms. The van der Waals surface area contributed by atoms with Gasteiger partial charge < -0.3 is 10.3 Å². The SMILES string of the molecule is CN[C@@H]1CCN2CCc3c([nH]c4ccccc34)[C@@H]2C1. The Kier molecular flexibility index (Phi) is 2.64. The molecule has 1 aromatic heterocycles. The first-order chi connectivity index (χ1) is 9.36. The molecule has 1 saturated heterocycles. The van der Waals surface area contributed by atoms with Crippen LogP contribution in [0.4, 0.5) is 0 Å². The van der Waals surface area contributed by atoms with E-state index in [1.165, 1.54) is 48.9 Å². The van der Waals surface area contributed by atoms with Crippen LogP contribution >= 0.6 is 0 Å². The van der Waals surface area contributed by atoms with Crippen LogP contribution in [-0.2, 0) is 6.42 Å². The number of hydrogen-bond acceptors (Lipinski definition) is 2. The molecule has 1 aromatic carbocycles. The first-order valence-electron chi connectivity index (χ1n) is 7.37. The molecule has 2 aliphatic rings. The van der Waals surface area contributed by atoms with E-state index in [2.05, 4.69) is 46.5 Å². The number of rotatable bonds is 1. The lowest BCUT2D eigenvalue weighted by Gasteiger charge is -2.42. The quantitative estimate of drug-likeness (QED) is 0.820. The smallest absolute Gasteiger partial charge is 0.0516 e. The molecule has 2 aromatic rings.